The molecule has 0 radical (unpaired) electrons. The molecule has 0 heterocycles. The van der Waals surface area contributed by atoms with Gasteiger partial charge in [0.25, 0.3) is 0 Å². The van der Waals surface area contributed by atoms with E-state index >= 15 is 0 Å². The molecule has 0 aromatic heterocycles. The van der Waals surface area contributed by atoms with Crippen molar-refractivity contribution < 1.29 is 5.21 Å². The topological polar surface area (TPSA) is 32.6 Å². The molecule has 0 saturated heterocycles. The zero-order chi connectivity index (χ0) is 11.5. The molecule has 1 rings (SSSR count). The van der Waals surface area contributed by atoms with Gasteiger partial charge >= 0.3 is 0 Å². The number of allylic oxidation sites excluding steroid dienone is 4. The molecule has 1 aliphatic carbocycles. The summed E-state index contributed by atoms with van der Waals surface area (Å²) in [5, 5.41) is 11.7. The summed E-state index contributed by atoms with van der Waals surface area (Å²) in [6, 6.07) is 0. The van der Waals surface area contributed by atoms with Gasteiger partial charge < -0.3 is 5.21 Å². The minimum absolute atomic E-state index is 0.311. The largest absolute Gasteiger partial charge is 0.411 e. The average molecular weight is 207 g/mol. The summed E-state index contributed by atoms with van der Waals surface area (Å²) in [5.74, 6) is 0.461. The molecular weight excluding hydrogens is 186 g/mol. The summed E-state index contributed by atoms with van der Waals surface area (Å²) >= 11 is 0. The average Bonchev–Trinajstić information content (AvgIpc) is 2.15. The normalized spacial score (nSPS) is 26.8. The molecule has 0 saturated carbocycles. The van der Waals surface area contributed by atoms with Crippen LogP contribution in [0.1, 0.15) is 40.5 Å². The van der Waals surface area contributed by atoms with Crippen LogP contribution in [-0.2, 0) is 0 Å². The molecule has 84 valence electrons. The van der Waals surface area contributed by atoms with Gasteiger partial charge in [0.1, 0.15) is 0 Å². The first-order chi connectivity index (χ1) is 6.97. The molecule has 1 unspecified atom stereocenters. The molecule has 0 amide bonds. The summed E-state index contributed by atoms with van der Waals surface area (Å²) in [4.78, 5) is 0. The third-order valence-electron chi connectivity index (χ3n) is 3.28. The predicted molar refractivity (Wildman–Crippen MR) is 64.3 cm³/mol. The van der Waals surface area contributed by atoms with Crippen molar-refractivity contribution in [2.45, 2.75) is 40.5 Å². The van der Waals surface area contributed by atoms with E-state index in [1.807, 2.05) is 6.08 Å². The first-order valence-electron chi connectivity index (χ1n) is 5.51. The lowest BCUT2D eigenvalue weighted by Crippen LogP contribution is -2.26. The first kappa shape index (κ1) is 12.0. The Hall–Kier alpha value is -1.05. The number of hydrogen-bond acceptors (Lipinski definition) is 2. The second-order valence-corrected chi connectivity index (χ2v) is 5.05. The number of oxime groups is 1. The van der Waals surface area contributed by atoms with Crippen molar-refractivity contribution in [3.05, 3.63) is 23.8 Å². The van der Waals surface area contributed by atoms with Crippen molar-refractivity contribution in [3.8, 4) is 0 Å². The number of nitrogens with zero attached hydrogens (tertiary/aromatic N) is 1. The Morgan fingerprint density at radius 3 is 2.80 bits per heavy atom. The molecule has 2 nitrogen and oxygen atoms in total. The molecular formula is C13H21NO. The lowest BCUT2D eigenvalue weighted by Gasteiger charge is -2.36. The third-order valence-corrected chi connectivity index (χ3v) is 3.28. The van der Waals surface area contributed by atoms with Crippen LogP contribution >= 0.6 is 0 Å². The smallest absolute Gasteiger partial charge is 0.0761 e. The molecule has 1 N–H and O–H groups in total. The van der Waals surface area contributed by atoms with Gasteiger partial charge in [-0.05, 0) is 38.2 Å². The van der Waals surface area contributed by atoms with E-state index in [4.69, 9.17) is 5.21 Å². The number of hydrogen-bond donors (Lipinski definition) is 1. The zero-order valence-electron chi connectivity index (χ0n) is 10.1. The minimum Gasteiger partial charge on any atom is -0.411 e. The molecule has 0 aromatic rings. The lowest BCUT2D eigenvalue weighted by atomic mass is 9.68. The van der Waals surface area contributed by atoms with E-state index in [0.717, 1.165) is 0 Å². The van der Waals surface area contributed by atoms with Gasteiger partial charge in [-0.3, -0.25) is 0 Å². The highest BCUT2D eigenvalue weighted by molar-refractivity contribution is 5.92. The Balaban J connectivity index is 2.86. The van der Waals surface area contributed by atoms with Crippen molar-refractivity contribution in [2.24, 2.45) is 16.5 Å². The Morgan fingerprint density at radius 2 is 2.27 bits per heavy atom. The highest BCUT2D eigenvalue weighted by atomic mass is 16.4. The minimum atomic E-state index is 0.311. The summed E-state index contributed by atoms with van der Waals surface area (Å²) in [5.41, 5.74) is 2.39. The van der Waals surface area contributed by atoms with Gasteiger partial charge in [0.15, 0.2) is 0 Å². The summed E-state index contributed by atoms with van der Waals surface area (Å²) in [7, 11) is 0. The van der Waals surface area contributed by atoms with Crippen LogP contribution in [0.3, 0.4) is 0 Å². The molecule has 0 bridgehead atoms. The van der Waals surface area contributed by atoms with Crippen LogP contribution in [-0.4, -0.2) is 10.9 Å². The fourth-order valence-electron chi connectivity index (χ4n) is 2.25. The van der Waals surface area contributed by atoms with E-state index < -0.39 is 0 Å². The van der Waals surface area contributed by atoms with E-state index in [1.165, 1.54) is 18.4 Å². The summed E-state index contributed by atoms with van der Waals surface area (Å²) in [6.07, 6.45) is 8.76. The standard InChI is InChI=1S/C13H21NO/c1-10-6-5-9-13(3,4)12(10)8-7-11(2)14-15/h6-8,12,15H,5,9H2,1-4H3/b8-7+,14-11?. The van der Waals surface area contributed by atoms with Crippen molar-refractivity contribution in [1.29, 1.82) is 0 Å². The second-order valence-electron chi connectivity index (χ2n) is 5.05. The van der Waals surface area contributed by atoms with Crippen LogP contribution in [0.4, 0.5) is 0 Å². The molecule has 0 fully saturated rings. The molecule has 0 aromatic carbocycles. The highest BCUT2D eigenvalue weighted by Gasteiger charge is 2.30. The van der Waals surface area contributed by atoms with Crippen LogP contribution in [0.15, 0.2) is 29.0 Å². The Bertz CT molecular complexity index is 310. The van der Waals surface area contributed by atoms with E-state index in [2.05, 4.69) is 38.1 Å². The molecule has 0 spiro atoms. The van der Waals surface area contributed by atoms with Gasteiger partial charge in [-0.1, -0.05) is 36.7 Å². The van der Waals surface area contributed by atoms with Crippen molar-refractivity contribution in [3.63, 3.8) is 0 Å². The van der Waals surface area contributed by atoms with E-state index in [9.17, 15) is 0 Å². The molecule has 1 atom stereocenters. The second kappa shape index (κ2) is 4.65. The third kappa shape index (κ3) is 2.95. The van der Waals surface area contributed by atoms with Gasteiger partial charge in [0.05, 0.1) is 5.71 Å². The van der Waals surface area contributed by atoms with E-state index in [1.54, 1.807) is 6.92 Å². The Kier molecular flexibility index (Phi) is 3.72. The van der Waals surface area contributed by atoms with Crippen LogP contribution in [0.2, 0.25) is 0 Å². The van der Waals surface area contributed by atoms with Crippen LogP contribution in [0, 0.1) is 11.3 Å². The van der Waals surface area contributed by atoms with Gasteiger partial charge in [0, 0.05) is 5.92 Å². The highest BCUT2D eigenvalue weighted by Crippen LogP contribution is 2.41. The van der Waals surface area contributed by atoms with Crippen LogP contribution in [0.25, 0.3) is 0 Å². The van der Waals surface area contributed by atoms with Gasteiger partial charge in [-0.25, -0.2) is 0 Å². The molecule has 15 heavy (non-hydrogen) atoms. The maximum absolute atomic E-state index is 8.58. The predicted octanol–water partition coefficient (Wildman–Crippen LogP) is 3.78. The van der Waals surface area contributed by atoms with E-state index in [0.29, 0.717) is 17.0 Å². The molecule has 1 aliphatic rings. The first-order valence-corrected chi connectivity index (χ1v) is 5.51. The maximum atomic E-state index is 8.58. The van der Waals surface area contributed by atoms with Crippen molar-refractivity contribution in [2.75, 3.05) is 0 Å². The maximum Gasteiger partial charge on any atom is 0.0761 e. The fraction of sp³-hybridized carbons (Fsp3) is 0.615. The summed E-state index contributed by atoms with van der Waals surface area (Å²) in [6.45, 7) is 8.57. The lowest BCUT2D eigenvalue weighted by molar-refractivity contribution is 0.255. The van der Waals surface area contributed by atoms with Gasteiger partial charge in [0.2, 0.25) is 0 Å². The molecule has 0 aliphatic heterocycles. The quantitative estimate of drug-likeness (QED) is 0.318. The van der Waals surface area contributed by atoms with Crippen LogP contribution < -0.4 is 0 Å². The van der Waals surface area contributed by atoms with Gasteiger partial charge in [-0.15, -0.1) is 0 Å². The summed E-state index contributed by atoms with van der Waals surface area (Å²) < 4.78 is 0. The monoisotopic (exact) mass is 207 g/mol. The van der Waals surface area contributed by atoms with Crippen molar-refractivity contribution in [1.82, 2.24) is 0 Å². The number of rotatable bonds is 2. The van der Waals surface area contributed by atoms with Gasteiger partial charge in [-0.2, -0.15) is 0 Å². The van der Waals surface area contributed by atoms with Crippen molar-refractivity contribution >= 4 is 5.71 Å². The Morgan fingerprint density at radius 1 is 1.60 bits per heavy atom. The SMILES string of the molecule is CC1=CCCC(C)(C)C1/C=C/C(C)=NO. The van der Waals surface area contributed by atoms with E-state index in [-0.39, 0.29) is 0 Å². The van der Waals surface area contributed by atoms with Crippen LogP contribution in [0.5, 0.6) is 0 Å². The fourth-order valence-corrected chi connectivity index (χ4v) is 2.25. The molecule has 2 heteroatoms. The Labute approximate surface area is 92.4 Å². The zero-order valence-corrected chi connectivity index (χ0v) is 10.1.